The fourth-order valence-electron chi connectivity index (χ4n) is 8.71. The van der Waals surface area contributed by atoms with E-state index in [1.54, 1.807) is 36.4 Å². The molecule has 57 heavy (non-hydrogen) atoms. The van der Waals surface area contributed by atoms with Crippen LogP contribution in [-0.2, 0) is 0 Å². The number of benzene rings is 8. The molecule has 2 amide bonds. The van der Waals surface area contributed by atoms with Gasteiger partial charge in [0.05, 0.1) is 50.1 Å². The van der Waals surface area contributed by atoms with E-state index in [1.165, 1.54) is 16.5 Å². The molecule has 10 aromatic rings. The number of carbonyl (C=O) groups excluding carboxylic acids is 2. The second kappa shape index (κ2) is 12.5. The largest absolute Gasteiger partial charge is 0.309 e. The Kier molecular flexibility index (Phi) is 7.12. The molecule has 0 bridgehead atoms. The maximum atomic E-state index is 13.8. The van der Waals surface area contributed by atoms with Gasteiger partial charge in [0.2, 0.25) is 0 Å². The number of nitrogens with zero attached hydrogens (tertiary/aromatic N) is 4. The average molecular weight is 731 g/mol. The number of para-hydroxylation sites is 3. The molecule has 0 radical (unpaired) electrons. The summed E-state index contributed by atoms with van der Waals surface area (Å²) in [6.45, 7) is 0. The van der Waals surface area contributed by atoms with Gasteiger partial charge in [-0.15, -0.1) is 0 Å². The van der Waals surface area contributed by atoms with Crippen molar-refractivity contribution in [2.75, 3.05) is 4.90 Å². The predicted octanol–water partition coefficient (Wildman–Crippen LogP) is 11.9. The van der Waals surface area contributed by atoms with Crippen LogP contribution in [0.5, 0.6) is 0 Å². The van der Waals surface area contributed by atoms with Crippen LogP contribution in [0.15, 0.2) is 182 Å². The van der Waals surface area contributed by atoms with Crippen LogP contribution in [0.4, 0.5) is 5.69 Å². The quantitative estimate of drug-likeness (QED) is 0.166. The summed E-state index contributed by atoms with van der Waals surface area (Å²) >= 11 is 0. The number of rotatable bonds is 5. The van der Waals surface area contributed by atoms with E-state index < -0.39 is 11.8 Å². The lowest BCUT2D eigenvalue weighted by molar-refractivity contribution is 0.0926. The van der Waals surface area contributed by atoms with E-state index >= 15 is 0 Å². The van der Waals surface area contributed by atoms with Gasteiger partial charge in [0, 0.05) is 27.2 Å². The van der Waals surface area contributed by atoms with Crippen molar-refractivity contribution in [3.63, 3.8) is 0 Å². The van der Waals surface area contributed by atoms with Gasteiger partial charge in [0.1, 0.15) is 6.07 Å². The molecule has 3 heterocycles. The van der Waals surface area contributed by atoms with Gasteiger partial charge in [-0.2, -0.15) is 5.26 Å². The molecule has 6 heteroatoms. The fourth-order valence-corrected chi connectivity index (χ4v) is 8.71. The van der Waals surface area contributed by atoms with E-state index in [4.69, 9.17) is 0 Å². The highest BCUT2D eigenvalue weighted by Crippen LogP contribution is 2.42. The molecule has 1 aliphatic heterocycles. The molecular formula is C51H30N4O2. The monoisotopic (exact) mass is 730 g/mol. The fraction of sp³-hybridized carbons (Fsp3) is 0. The van der Waals surface area contributed by atoms with Crippen LogP contribution in [-0.4, -0.2) is 20.9 Å². The Labute approximate surface area is 327 Å². The van der Waals surface area contributed by atoms with E-state index in [-0.39, 0.29) is 11.3 Å². The zero-order valence-electron chi connectivity index (χ0n) is 30.4. The van der Waals surface area contributed by atoms with E-state index in [9.17, 15) is 14.9 Å². The molecule has 0 fully saturated rings. The maximum absolute atomic E-state index is 13.8. The summed E-state index contributed by atoms with van der Waals surface area (Å²) in [6.07, 6.45) is 0. The molecule has 0 atom stereocenters. The Hall–Kier alpha value is -8.01. The second-order valence-electron chi connectivity index (χ2n) is 14.4. The van der Waals surface area contributed by atoms with Crippen molar-refractivity contribution in [3.8, 4) is 39.7 Å². The SMILES string of the molecule is N#Cc1cccc(-n2c3ccccc3c3cc(-c4ccc5c(c4)c4ccccc4n5-c4ccc(-c5ccccc5)cc4)ccc32)c1N1C(=O)c2ccccc2C1=O. The summed E-state index contributed by atoms with van der Waals surface area (Å²) in [4.78, 5) is 28.8. The summed E-state index contributed by atoms with van der Waals surface area (Å²) in [7, 11) is 0. The summed E-state index contributed by atoms with van der Waals surface area (Å²) in [5.74, 6) is -0.882. The highest BCUT2D eigenvalue weighted by molar-refractivity contribution is 6.35. The van der Waals surface area contributed by atoms with Crippen LogP contribution in [0, 0.1) is 11.3 Å². The van der Waals surface area contributed by atoms with Gasteiger partial charge in [-0.1, -0.05) is 109 Å². The van der Waals surface area contributed by atoms with Crippen molar-refractivity contribution in [1.29, 1.82) is 5.26 Å². The second-order valence-corrected chi connectivity index (χ2v) is 14.4. The molecule has 11 rings (SSSR count). The third-order valence-corrected chi connectivity index (χ3v) is 11.3. The normalized spacial score (nSPS) is 12.6. The topological polar surface area (TPSA) is 71.0 Å². The minimum absolute atomic E-state index is 0.240. The number of fused-ring (bicyclic) bond motifs is 7. The van der Waals surface area contributed by atoms with Crippen molar-refractivity contribution >= 4 is 61.1 Å². The maximum Gasteiger partial charge on any atom is 0.266 e. The number of anilines is 1. The van der Waals surface area contributed by atoms with Crippen LogP contribution in [0.25, 0.3) is 77.2 Å². The van der Waals surface area contributed by atoms with Gasteiger partial charge in [0.15, 0.2) is 0 Å². The van der Waals surface area contributed by atoms with Crippen LogP contribution < -0.4 is 4.90 Å². The molecule has 0 spiro atoms. The summed E-state index contributed by atoms with van der Waals surface area (Å²) in [5.41, 5.74) is 11.4. The van der Waals surface area contributed by atoms with Gasteiger partial charge < -0.3 is 9.13 Å². The molecule has 0 aliphatic carbocycles. The standard InChI is InChI=1S/C51H30N4O2/c52-31-36-13-10-20-48(49(36)55-50(56)40-16-4-5-17-41(40)51(55)57)54-45-19-9-7-15-39(45)43-30-35(24-28-47(43)54)34-23-27-46-42(29-34)38-14-6-8-18-44(38)53(46)37-25-21-33(22-26-37)32-11-2-1-3-12-32/h1-30H. The lowest BCUT2D eigenvalue weighted by Gasteiger charge is -2.21. The van der Waals surface area contributed by atoms with Crippen molar-refractivity contribution in [2.45, 2.75) is 0 Å². The van der Waals surface area contributed by atoms with E-state index in [0.29, 0.717) is 16.8 Å². The number of carbonyl (C=O) groups is 2. The number of aromatic nitrogens is 2. The zero-order chi connectivity index (χ0) is 38.2. The van der Waals surface area contributed by atoms with E-state index in [0.717, 1.165) is 59.9 Å². The number of hydrogen-bond donors (Lipinski definition) is 0. The summed E-state index contributed by atoms with van der Waals surface area (Å²) < 4.78 is 4.40. The van der Waals surface area contributed by atoms with Gasteiger partial charge in [-0.05, 0) is 95.1 Å². The minimum Gasteiger partial charge on any atom is -0.309 e. The molecular weight excluding hydrogens is 701 g/mol. The third kappa shape index (κ3) is 4.83. The first-order valence-corrected chi connectivity index (χ1v) is 18.8. The molecule has 1 aliphatic rings. The van der Waals surface area contributed by atoms with Crippen LogP contribution >= 0.6 is 0 Å². The van der Waals surface area contributed by atoms with Crippen molar-refractivity contribution < 1.29 is 9.59 Å². The van der Waals surface area contributed by atoms with E-state index in [1.807, 2.05) is 30.3 Å². The van der Waals surface area contributed by atoms with E-state index in [2.05, 4.69) is 130 Å². The van der Waals surface area contributed by atoms with Gasteiger partial charge >= 0.3 is 0 Å². The Morgan fingerprint density at radius 2 is 0.895 bits per heavy atom. The molecule has 0 saturated carbocycles. The molecule has 266 valence electrons. The number of hydrogen-bond acceptors (Lipinski definition) is 3. The van der Waals surface area contributed by atoms with Gasteiger partial charge in [-0.3, -0.25) is 9.59 Å². The Bertz CT molecular complexity index is 3310. The predicted molar refractivity (Wildman–Crippen MR) is 228 cm³/mol. The lowest BCUT2D eigenvalue weighted by Crippen LogP contribution is -2.31. The van der Waals surface area contributed by atoms with Crippen molar-refractivity contribution in [1.82, 2.24) is 9.13 Å². The average Bonchev–Trinajstić information content (AvgIpc) is 3.87. The first kappa shape index (κ1) is 32.4. The lowest BCUT2D eigenvalue weighted by atomic mass is 10.0. The molecule has 0 unspecified atom stereocenters. The van der Waals surface area contributed by atoms with Crippen LogP contribution in [0.2, 0.25) is 0 Å². The molecule has 6 nitrogen and oxygen atoms in total. The number of nitriles is 1. The third-order valence-electron chi connectivity index (χ3n) is 11.3. The Morgan fingerprint density at radius 1 is 0.404 bits per heavy atom. The Balaban J connectivity index is 1.06. The van der Waals surface area contributed by atoms with Gasteiger partial charge in [-0.25, -0.2) is 4.90 Å². The number of imide groups is 1. The number of amides is 2. The van der Waals surface area contributed by atoms with Gasteiger partial charge in [0.25, 0.3) is 11.8 Å². The zero-order valence-corrected chi connectivity index (χ0v) is 30.4. The van der Waals surface area contributed by atoms with Crippen LogP contribution in [0.3, 0.4) is 0 Å². The van der Waals surface area contributed by atoms with Crippen molar-refractivity contribution in [2.24, 2.45) is 0 Å². The summed E-state index contributed by atoms with van der Waals surface area (Å²) in [5, 5.41) is 14.7. The highest BCUT2D eigenvalue weighted by atomic mass is 16.2. The molecule has 2 aromatic heterocycles. The molecule has 8 aromatic carbocycles. The first-order valence-electron chi connectivity index (χ1n) is 18.8. The highest BCUT2D eigenvalue weighted by Gasteiger charge is 2.39. The molecule has 0 N–H and O–H groups in total. The van der Waals surface area contributed by atoms with Crippen molar-refractivity contribution in [3.05, 3.63) is 199 Å². The van der Waals surface area contributed by atoms with Crippen LogP contribution in [0.1, 0.15) is 26.3 Å². The Morgan fingerprint density at radius 3 is 1.51 bits per heavy atom. The first-order chi connectivity index (χ1) is 28.1. The minimum atomic E-state index is -0.441. The summed E-state index contributed by atoms with van der Waals surface area (Å²) in [6, 6.07) is 63.4. The molecule has 0 saturated heterocycles. The smallest absolute Gasteiger partial charge is 0.266 e.